The molecule has 2 N–H and O–H groups in total. The van der Waals surface area contributed by atoms with E-state index in [1.54, 1.807) is 0 Å². The van der Waals surface area contributed by atoms with Crippen LogP contribution in [0, 0.1) is 13.8 Å². The number of aromatic carboxylic acids is 1. The van der Waals surface area contributed by atoms with E-state index in [4.69, 9.17) is 14.3 Å². The second-order valence-corrected chi connectivity index (χ2v) is 4.91. The number of amides is 1. The van der Waals surface area contributed by atoms with Crippen LogP contribution in [0.4, 0.5) is 0 Å². The lowest BCUT2D eigenvalue weighted by atomic mass is 10.1. The summed E-state index contributed by atoms with van der Waals surface area (Å²) in [5.74, 6) is -0.580. The number of carbonyl (C=O) groups is 2. The molecule has 0 spiro atoms. The summed E-state index contributed by atoms with van der Waals surface area (Å²) >= 11 is 0. The average molecular weight is 303 g/mol. The van der Waals surface area contributed by atoms with Gasteiger partial charge in [0.25, 0.3) is 5.91 Å². The molecule has 1 heterocycles. The Morgan fingerprint density at radius 1 is 1.23 bits per heavy atom. The predicted molar refractivity (Wildman–Crippen MR) is 78.9 cm³/mol. The number of furan rings is 1. The van der Waals surface area contributed by atoms with Crippen molar-refractivity contribution in [3.63, 3.8) is 0 Å². The third kappa shape index (κ3) is 4.12. The smallest absolute Gasteiger partial charge is 0.371 e. The van der Waals surface area contributed by atoms with Crippen LogP contribution in [0.5, 0.6) is 5.75 Å². The Morgan fingerprint density at radius 3 is 2.64 bits per heavy atom. The summed E-state index contributed by atoms with van der Waals surface area (Å²) in [6, 6.07) is 8.56. The molecule has 0 aliphatic rings. The standard InChI is InChI=1S/C16H17NO5/c1-10-3-5-13(11(2)7-10)21-9-15(18)17-8-12-4-6-14(22-12)16(19)20/h3-7H,8-9H2,1-2H3,(H,17,18)(H,19,20). The SMILES string of the molecule is Cc1ccc(OCC(=O)NCc2ccc(C(=O)O)o2)c(C)c1. The third-order valence-electron chi connectivity index (χ3n) is 3.02. The van der Waals surface area contributed by atoms with Crippen molar-refractivity contribution in [2.75, 3.05) is 6.61 Å². The van der Waals surface area contributed by atoms with Crippen LogP contribution in [0.25, 0.3) is 0 Å². The van der Waals surface area contributed by atoms with Gasteiger partial charge in [-0.2, -0.15) is 0 Å². The Hall–Kier alpha value is -2.76. The fourth-order valence-corrected chi connectivity index (χ4v) is 1.93. The van der Waals surface area contributed by atoms with E-state index in [1.165, 1.54) is 12.1 Å². The number of carboxylic acids is 1. The number of benzene rings is 1. The van der Waals surface area contributed by atoms with Gasteiger partial charge in [0.05, 0.1) is 6.54 Å². The van der Waals surface area contributed by atoms with Crippen molar-refractivity contribution in [1.29, 1.82) is 0 Å². The normalized spacial score (nSPS) is 10.3. The topological polar surface area (TPSA) is 88.8 Å². The molecule has 22 heavy (non-hydrogen) atoms. The van der Waals surface area contributed by atoms with Crippen LogP contribution < -0.4 is 10.1 Å². The minimum absolute atomic E-state index is 0.113. The molecule has 2 aromatic rings. The second kappa shape index (κ2) is 6.80. The van der Waals surface area contributed by atoms with Gasteiger partial charge < -0.3 is 19.6 Å². The van der Waals surface area contributed by atoms with E-state index in [0.717, 1.165) is 11.1 Å². The van der Waals surface area contributed by atoms with E-state index in [-0.39, 0.29) is 24.8 Å². The first-order chi connectivity index (χ1) is 10.5. The number of ether oxygens (including phenoxy) is 1. The first-order valence-corrected chi connectivity index (χ1v) is 6.74. The highest BCUT2D eigenvalue weighted by Gasteiger charge is 2.10. The molecule has 116 valence electrons. The van der Waals surface area contributed by atoms with Crippen molar-refractivity contribution in [1.82, 2.24) is 5.32 Å². The van der Waals surface area contributed by atoms with Crippen LogP contribution in [0.1, 0.15) is 27.4 Å². The fraction of sp³-hybridized carbons (Fsp3) is 0.250. The quantitative estimate of drug-likeness (QED) is 0.854. The van der Waals surface area contributed by atoms with Gasteiger partial charge in [-0.15, -0.1) is 0 Å². The van der Waals surface area contributed by atoms with Gasteiger partial charge in [0, 0.05) is 0 Å². The van der Waals surface area contributed by atoms with Crippen LogP contribution >= 0.6 is 0 Å². The first-order valence-electron chi connectivity index (χ1n) is 6.74. The van der Waals surface area contributed by atoms with E-state index < -0.39 is 5.97 Å². The Kier molecular flexibility index (Phi) is 4.83. The van der Waals surface area contributed by atoms with Crippen LogP contribution in [-0.2, 0) is 11.3 Å². The molecule has 0 unspecified atom stereocenters. The van der Waals surface area contributed by atoms with Crippen molar-refractivity contribution in [3.05, 3.63) is 53.0 Å². The zero-order valence-electron chi connectivity index (χ0n) is 12.4. The fourth-order valence-electron chi connectivity index (χ4n) is 1.93. The van der Waals surface area contributed by atoms with Gasteiger partial charge in [0.15, 0.2) is 6.61 Å². The van der Waals surface area contributed by atoms with Crippen LogP contribution in [0.3, 0.4) is 0 Å². The monoisotopic (exact) mass is 303 g/mol. The summed E-state index contributed by atoms with van der Waals surface area (Å²) in [5, 5.41) is 11.3. The molecule has 0 aliphatic carbocycles. The molecule has 1 aromatic heterocycles. The first kappa shape index (κ1) is 15.6. The second-order valence-electron chi connectivity index (χ2n) is 4.91. The summed E-state index contributed by atoms with van der Waals surface area (Å²) < 4.78 is 10.5. The van der Waals surface area contributed by atoms with Gasteiger partial charge in [-0.25, -0.2) is 4.79 Å². The molecule has 0 saturated heterocycles. The van der Waals surface area contributed by atoms with E-state index >= 15 is 0 Å². The van der Waals surface area contributed by atoms with Crippen LogP contribution in [0.15, 0.2) is 34.7 Å². The van der Waals surface area contributed by atoms with E-state index in [0.29, 0.717) is 11.5 Å². The van der Waals surface area contributed by atoms with Gasteiger partial charge in [-0.1, -0.05) is 17.7 Å². The largest absolute Gasteiger partial charge is 0.484 e. The number of hydrogen-bond donors (Lipinski definition) is 2. The maximum atomic E-state index is 11.7. The Labute approximate surface area is 127 Å². The molecule has 0 radical (unpaired) electrons. The Bertz CT molecular complexity index is 690. The summed E-state index contributed by atoms with van der Waals surface area (Å²) in [6.45, 7) is 3.90. The van der Waals surface area contributed by atoms with Crippen LogP contribution in [0.2, 0.25) is 0 Å². The predicted octanol–water partition coefficient (Wildman–Crippen LogP) is 2.29. The van der Waals surface area contributed by atoms with Crippen molar-refractivity contribution in [2.45, 2.75) is 20.4 Å². The number of rotatable bonds is 6. The lowest BCUT2D eigenvalue weighted by molar-refractivity contribution is -0.123. The average Bonchev–Trinajstić information content (AvgIpc) is 2.93. The lowest BCUT2D eigenvalue weighted by Gasteiger charge is -2.09. The van der Waals surface area contributed by atoms with Crippen molar-refractivity contribution >= 4 is 11.9 Å². The molecule has 0 atom stereocenters. The number of nitrogens with one attached hydrogen (secondary N) is 1. The Morgan fingerprint density at radius 2 is 2.00 bits per heavy atom. The lowest BCUT2D eigenvalue weighted by Crippen LogP contribution is -2.28. The molecule has 6 heteroatoms. The zero-order valence-corrected chi connectivity index (χ0v) is 12.4. The molecule has 0 fully saturated rings. The maximum absolute atomic E-state index is 11.7. The van der Waals surface area contributed by atoms with E-state index in [1.807, 2.05) is 32.0 Å². The number of carbonyl (C=O) groups excluding carboxylic acids is 1. The molecule has 0 bridgehead atoms. The molecule has 1 aromatic carbocycles. The van der Waals surface area contributed by atoms with Crippen molar-refractivity contribution in [2.24, 2.45) is 0 Å². The summed E-state index contributed by atoms with van der Waals surface area (Å²) in [4.78, 5) is 22.4. The molecular weight excluding hydrogens is 286 g/mol. The third-order valence-corrected chi connectivity index (χ3v) is 3.02. The molecule has 0 aliphatic heterocycles. The van der Waals surface area contributed by atoms with Gasteiger partial charge in [-0.3, -0.25) is 4.79 Å². The summed E-state index contributed by atoms with van der Waals surface area (Å²) in [6.07, 6.45) is 0. The number of carboxylic acid groups (broad SMARTS) is 1. The summed E-state index contributed by atoms with van der Waals surface area (Å²) in [7, 11) is 0. The Balaban J connectivity index is 1.81. The minimum Gasteiger partial charge on any atom is -0.484 e. The van der Waals surface area contributed by atoms with Gasteiger partial charge in [-0.05, 0) is 37.6 Å². The molecule has 1 amide bonds. The number of aryl methyl sites for hydroxylation is 2. The van der Waals surface area contributed by atoms with E-state index in [9.17, 15) is 9.59 Å². The minimum atomic E-state index is -1.14. The number of hydrogen-bond acceptors (Lipinski definition) is 4. The summed E-state index contributed by atoms with van der Waals surface area (Å²) in [5.41, 5.74) is 2.09. The molecule has 0 saturated carbocycles. The van der Waals surface area contributed by atoms with E-state index in [2.05, 4.69) is 5.32 Å². The maximum Gasteiger partial charge on any atom is 0.371 e. The van der Waals surface area contributed by atoms with Crippen molar-refractivity contribution < 1.29 is 23.8 Å². The van der Waals surface area contributed by atoms with Crippen LogP contribution in [-0.4, -0.2) is 23.6 Å². The van der Waals surface area contributed by atoms with Gasteiger partial charge in [0.2, 0.25) is 5.76 Å². The van der Waals surface area contributed by atoms with Gasteiger partial charge in [0.1, 0.15) is 11.5 Å². The molecular formula is C16H17NO5. The highest BCUT2D eigenvalue weighted by molar-refractivity contribution is 5.84. The highest BCUT2D eigenvalue weighted by Crippen LogP contribution is 2.18. The van der Waals surface area contributed by atoms with Crippen molar-refractivity contribution in [3.8, 4) is 5.75 Å². The highest BCUT2D eigenvalue weighted by atomic mass is 16.5. The molecule has 6 nitrogen and oxygen atoms in total. The zero-order chi connectivity index (χ0) is 16.1. The van der Waals surface area contributed by atoms with Gasteiger partial charge >= 0.3 is 5.97 Å². The molecule has 2 rings (SSSR count).